The van der Waals surface area contributed by atoms with Crippen molar-refractivity contribution in [3.05, 3.63) is 84.2 Å². The standard InChI is InChI=1S/C30H35N7/c1-4-7-23(8-5-2)26-14-15-27-30(34-26)37(29(35-27)25-9-6-16-33-28(25)31)24-12-10-22(11-13-24)20-36-18-17-32-21(3)19-36/h4,6-16,21,32H,5,17-20H2,1-3H3,(H2,31,33)/b7-4-,23-8+/t21-/m0/s1. The maximum absolute atomic E-state index is 6.30. The highest BCUT2D eigenvalue weighted by molar-refractivity contribution is 5.85. The van der Waals surface area contributed by atoms with Crippen molar-refractivity contribution in [3.63, 3.8) is 0 Å². The van der Waals surface area contributed by atoms with Crippen LogP contribution in [0.2, 0.25) is 0 Å². The Labute approximate surface area is 218 Å². The molecule has 5 rings (SSSR count). The maximum Gasteiger partial charge on any atom is 0.165 e. The summed E-state index contributed by atoms with van der Waals surface area (Å²) in [4.78, 5) is 16.9. The highest BCUT2D eigenvalue weighted by Gasteiger charge is 2.19. The summed E-state index contributed by atoms with van der Waals surface area (Å²) in [6, 6.07) is 17.2. The largest absolute Gasteiger partial charge is 0.383 e. The molecule has 4 aromatic rings. The molecule has 7 nitrogen and oxygen atoms in total. The molecule has 0 aliphatic carbocycles. The molecule has 0 radical (unpaired) electrons. The van der Waals surface area contributed by atoms with Crippen LogP contribution in [0.15, 0.2) is 73.0 Å². The van der Waals surface area contributed by atoms with E-state index in [0.717, 1.165) is 72.1 Å². The molecule has 7 heteroatoms. The summed E-state index contributed by atoms with van der Waals surface area (Å²) in [5.41, 5.74) is 13.0. The molecule has 1 fully saturated rings. The van der Waals surface area contributed by atoms with Crippen LogP contribution in [-0.2, 0) is 6.54 Å². The quantitative estimate of drug-likeness (QED) is 0.343. The van der Waals surface area contributed by atoms with E-state index in [9.17, 15) is 0 Å². The lowest BCUT2D eigenvalue weighted by Gasteiger charge is -2.31. The third-order valence-corrected chi connectivity index (χ3v) is 6.70. The van der Waals surface area contributed by atoms with Crippen LogP contribution in [0.4, 0.5) is 5.82 Å². The van der Waals surface area contributed by atoms with Crippen molar-refractivity contribution in [1.29, 1.82) is 0 Å². The van der Waals surface area contributed by atoms with Crippen LogP contribution in [0.1, 0.15) is 38.4 Å². The maximum atomic E-state index is 6.30. The number of nitrogens with two attached hydrogens (primary N) is 1. The van der Waals surface area contributed by atoms with E-state index in [1.165, 1.54) is 5.56 Å². The van der Waals surface area contributed by atoms with Gasteiger partial charge in [0.25, 0.3) is 0 Å². The number of hydrogen-bond donors (Lipinski definition) is 2. The van der Waals surface area contributed by atoms with E-state index >= 15 is 0 Å². The van der Waals surface area contributed by atoms with Crippen molar-refractivity contribution in [3.8, 4) is 17.1 Å². The van der Waals surface area contributed by atoms with Crippen molar-refractivity contribution in [1.82, 2.24) is 29.7 Å². The van der Waals surface area contributed by atoms with Gasteiger partial charge < -0.3 is 11.1 Å². The summed E-state index contributed by atoms with van der Waals surface area (Å²) in [5.74, 6) is 1.19. The van der Waals surface area contributed by atoms with Gasteiger partial charge in [-0.05, 0) is 67.8 Å². The Bertz CT molecular complexity index is 1430. The Morgan fingerprint density at radius 1 is 1.14 bits per heavy atom. The van der Waals surface area contributed by atoms with Gasteiger partial charge in [-0.1, -0.05) is 37.3 Å². The minimum atomic E-state index is 0.448. The van der Waals surface area contributed by atoms with Gasteiger partial charge in [0.15, 0.2) is 11.5 Å². The molecule has 1 atom stereocenters. The molecular weight excluding hydrogens is 458 g/mol. The molecule has 1 aromatic carbocycles. The number of anilines is 1. The smallest absolute Gasteiger partial charge is 0.165 e. The van der Waals surface area contributed by atoms with Crippen molar-refractivity contribution in [2.24, 2.45) is 0 Å². The fraction of sp³-hybridized carbons (Fsp3) is 0.300. The van der Waals surface area contributed by atoms with E-state index < -0.39 is 0 Å². The molecule has 0 saturated carbocycles. The second-order valence-corrected chi connectivity index (χ2v) is 9.57. The fourth-order valence-corrected chi connectivity index (χ4v) is 4.97. The number of rotatable bonds is 7. The summed E-state index contributed by atoms with van der Waals surface area (Å²) in [5, 5.41) is 3.51. The summed E-state index contributed by atoms with van der Waals surface area (Å²) in [6.45, 7) is 10.5. The molecule has 3 aromatic heterocycles. The zero-order chi connectivity index (χ0) is 25.8. The molecule has 1 aliphatic heterocycles. The molecule has 0 unspecified atom stereocenters. The van der Waals surface area contributed by atoms with Crippen molar-refractivity contribution in [2.75, 3.05) is 25.4 Å². The van der Waals surface area contributed by atoms with E-state index in [-0.39, 0.29) is 0 Å². The Morgan fingerprint density at radius 3 is 2.70 bits per heavy atom. The van der Waals surface area contributed by atoms with Gasteiger partial charge >= 0.3 is 0 Å². The van der Waals surface area contributed by atoms with Gasteiger partial charge in [-0.3, -0.25) is 9.47 Å². The number of benzene rings is 1. The van der Waals surface area contributed by atoms with Crippen LogP contribution >= 0.6 is 0 Å². The number of pyridine rings is 2. The van der Waals surface area contributed by atoms with Gasteiger partial charge in [0.05, 0.1) is 11.3 Å². The molecule has 1 saturated heterocycles. The summed E-state index contributed by atoms with van der Waals surface area (Å²) < 4.78 is 2.10. The van der Waals surface area contributed by atoms with Crippen LogP contribution in [0.25, 0.3) is 33.8 Å². The van der Waals surface area contributed by atoms with E-state index in [2.05, 4.69) is 70.0 Å². The molecule has 3 N–H and O–H groups in total. The summed E-state index contributed by atoms with van der Waals surface area (Å²) in [7, 11) is 0. The number of nitrogen functional groups attached to an aromatic ring is 1. The van der Waals surface area contributed by atoms with Gasteiger partial charge in [-0.2, -0.15) is 0 Å². The third kappa shape index (κ3) is 5.33. The van der Waals surface area contributed by atoms with Crippen molar-refractivity contribution >= 4 is 22.6 Å². The Balaban J connectivity index is 1.60. The average molecular weight is 494 g/mol. The van der Waals surface area contributed by atoms with Crippen LogP contribution in [0.5, 0.6) is 0 Å². The SMILES string of the molecule is C/C=C\C(=C/CC)c1ccc2nc(-c3cccnc3N)n(-c3ccc(CN4CCN[C@@H](C)C4)cc3)c2n1. The predicted octanol–water partition coefficient (Wildman–Crippen LogP) is 5.23. The number of aromatic nitrogens is 4. The molecule has 37 heavy (non-hydrogen) atoms. The first-order valence-electron chi connectivity index (χ1n) is 13.1. The first kappa shape index (κ1) is 24.9. The highest BCUT2D eigenvalue weighted by Crippen LogP contribution is 2.31. The molecule has 0 amide bonds. The number of nitrogens with zero attached hydrogens (tertiary/aromatic N) is 5. The molecular formula is C30H35N7. The van der Waals surface area contributed by atoms with E-state index in [1.54, 1.807) is 6.20 Å². The molecule has 190 valence electrons. The monoisotopic (exact) mass is 493 g/mol. The first-order chi connectivity index (χ1) is 18.1. The normalized spacial score (nSPS) is 17.2. The molecule has 0 bridgehead atoms. The Morgan fingerprint density at radius 2 is 1.97 bits per heavy atom. The van der Waals surface area contributed by atoms with Crippen molar-refractivity contribution < 1.29 is 0 Å². The first-order valence-corrected chi connectivity index (χ1v) is 13.1. The van der Waals surface area contributed by atoms with E-state index in [4.69, 9.17) is 15.7 Å². The fourth-order valence-electron chi connectivity index (χ4n) is 4.97. The van der Waals surface area contributed by atoms with E-state index in [0.29, 0.717) is 11.9 Å². The van der Waals surface area contributed by atoms with Crippen LogP contribution in [-0.4, -0.2) is 50.1 Å². The molecule has 0 spiro atoms. The molecule has 4 heterocycles. The van der Waals surface area contributed by atoms with Gasteiger partial charge in [0.1, 0.15) is 11.3 Å². The lowest BCUT2D eigenvalue weighted by molar-refractivity contribution is 0.199. The zero-order valence-electron chi connectivity index (χ0n) is 21.9. The van der Waals surface area contributed by atoms with Gasteiger partial charge in [0, 0.05) is 44.1 Å². The van der Waals surface area contributed by atoms with Crippen LogP contribution in [0, 0.1) is 0 Å². The summed E-state index contributed by atoms with van der Waals surface area (Å²) in [6.07, 6.45) is 8.98. The molecule has 1 aliphatic rings. The highest BCUT2D eigenvalue weighted by atomic mass is 15.2. The zero-order valence-corrected chi connectivity index (χ0v) is 21.9. The van der Waals surface area contributed by atoms with Crippen molar-refractivity contribution in [2.45, 2.75) is 39.8 Å². The lowest BCUT2D eigenvalue weighted by Crippen LogP contribution is -2.48. The predicted molar refractivity (Wildman–Crippen MR) is 152 cm³/mol. The second-order valence-electron chi connectivity index (χ2n) is 9.57. The van der Waals surface area contributed by atoms with Crippen LogP contribution < -0.4 is 11.1 Å². The number of allylic oxidation sites excluding steroid dienone is 4. The Hall–Kier alpha value is -3.81. The summed E-state index contributed by atoms with van der Waals surface area (Å²) >= 11 is 0. The minimum Gasteiger partial charge on any atom is -0.383 e. The average Bonchev–Trinajstić information content (AvgIpc) is 3.28. The van der Waals surface area contributed by atoms with Crippen LogP contribution in [0.3, 0.4) is 0 Å². The number of fused-ring (bicyclic) bond motifs is 1. The van der Waals surface area contributed by atoms with Gasteiger partial charge in [-0.25, -0.2) is 15.0 Å². The topological polar surface area (TPSA) is 84.9 Å². The van der Waals surface area contributed by atoms with Gasteiger partial charge in [0.2, 0.25) is 0 Å². The number of nitrogens with one attached hydrogen (secondary N) is 1. The number of imidazole rings is 1. The number of piperazine rings is 1. The Kier molecular flexibility index (Phi) is 7.44. The second kappa shape index (κ2) is 11.1. The van der Waals surface area contributed by atoms with E-state index in [1.807, 2.05) is 37.3 Å². The third-order valence-electron chi connectivity index (χ3n) is 6.70. The van der Waals surface area contributed by atoms with Gasteiger partial charge in [-0.15, -0.1) is 0 Å². The lowest BCUT2D eigenvalue weighted by atomic mass is 10.1. The number of hydrogen-bond acceptors (Lipinski definition) is 6. The minimum absolute atomic E-state index is 0.448.